The number of carbonyl (C=O) groups is 2. The van der Waals surface area contributed by atoms with E-state index >= 15 is 0 Å². The van der Waals surface area contributed by atoms with Gasteiger partial charge in [-0.2, -0.15) is 0 Å². The van der Waals surface area contributed by atoms with Crippen LogP contribution in [0.3, 0.4) is 0 Å². The van der Waals surface area contributed by atoms with Crippen molar-refractivity contribution in [3.05, 3.63) is 136 Å². The summed E-state index contributed by atoms with van der Waals surface area (Å²) in [6.07, 6.45) is 0. The molecule has 0 saturated carbocycles. The second-order valence-corrected chi connectivity index (χ2v) is 12.5. The molecular weight excluding hydrogens is 614 g/mol. The molecule has 226 valence electrons. The number of ketones is 1. The van der Waals surface area contributed by atoms with Crippen LogP contribution in [0.2, 0.25) is 0 Å². The van der Waals surface area contributed by atoms with Gasteiger partial charge in [-0.1, -0.05) is 83.3 Å². The summed E-state index contributed by atoms with van der Waals surface area (Å²) in [6, 6.07) is 26.0. The molecule has 1 fully saturated rings. The minimum Gasteiger partial charge on any atom is -0.508 e. The lowest BCUT2D eigenvalue weighted by molar-refractivity contribution is -0.132. The van der Waals surface area contributed by atoms with Crippen LogP contribution in [0.5, 0.6) is 11.5 Å². The van der Waals surface area contributed by atoms with Crippen molar-refractivity contribution in [2.45, 2.75) is 29.7 Å². The summed E-state index contributed by atoms with van der Waals surface area (Å²) in [5.74, 6) is -1.75. The number of thioether (sulfide) groups is 1. The van der Waals surface area contributed by atoms with Crippen LogP contribution >= 0.6 is 23.1 Å². The summed E-state index contributed by atoms with van der Waals surface area (Å²) >= 11 is 2.31. The molecule has 0 aliphatic carbocycles. The zero-order valence-electron chi connectivity index (χ0n) is 23.9. The largest absolute Gasteiger partial charge is 0.508 e. The zero-order valence-corrected chi connectivity index (χ0v) is 25.5. The highest BCUT2D eigenvalue weighted by Crippen LogP contribution is 2.44. The maximum atomic E-state index is 14.1. The number of Topliss-reactive ketones (excluding diaryl/α,β-unsaturated/α-hetero) is 1. The lowest BCUT2D eigenvalue weighted by atomic mass is 9.95. The third-order valence-corrected chi connectivity index (χ3v) is 9.26. The van der Waals surface area contributed by atoms with Crippen molar-refractivity contribution in [2.24, 2.45) is 0 Å². The van der Waals surface area contributed by atoms with E-state index in [2.05, 4.69) is 10.2 Å². The van der Waals surface area contributed by atoms with Crippen LogP contribution in [-0.2, 0) is 21.9 Å². The Balaban J connectivity index is 1.30. The minimum atomic E-state index is -1.09. The molecule has 1 saturated heterocycles. The van der Waals surface area contributed by atoms with Gasteiger partial charge in [0.05, 0.1) is 11.6 Å². The molecule has 0 radical (unpaired) electrons. The number of aliphatic hydroxyl groups excluding tert-OH is 1. The molecule has 2 N–H and O–H groups in total. The number of nitrogens with zero attached hydrogens (tertiary/aromatic N) is 3. The number of halogens is 1. The van der Waals surface area contributed by atoms with Crippen molar-refractivity contribution in [1.82, 2.24) is 10.2 Å². The van der Waals surface area contributed by atoms with E-state index in [4.69, 9.17) is 4.74 Å². The molecule has 45 heavy (non-hydrogen) atoms. The van der Waals surface area contributed by atoms with Crippen molar-refractivity contribution in [3.8, 4) is 11.5 Å². The van der Waals surface area contributed by atoms with Crippen molar-refractivity contribution in [1.29, 1.82) is 0 Å². The van der Waals surface area contributed by atoms with Crippen molar-refractivity contribution in [2.75, 3.05) is 4.90 Å². The third-order valence-electron chi connectivity index (χ3n) is 7.16. The summed E-state index contributed by atoms with van der Waals surface area (Å²) in [5.41, 5.74) is 3.17. The zero-order chi connectivity index (χ0) is 31.5. The van der Waals surface area contributed by atoms with Crippen LogP contribution in [0.1, 0.15) is 33.9 Å². The number of aryl methyl sites for hydroxylation is 1. The van der Waals surface area contributed by atoms with Gasteiger partial charge < -0.3 is 14.9 Å². The van der Waals surface area contributed by atoms with E-state index in [0.29, 0.717) is 39.1 Å². The Hall–Kier alpha value is -5.00. The molecule has 1 unspecified atom stereocenters. The quantitative estimate of drug-likeness (QED) is 0.0573. The van der Waals surface area contributed by atoms with Gasteiger partial charge in [-0.25, -0.2) is 4.39 Å². The highest BCUT2D eigenvalue weighted by atomic mass is 32.2. The number of rotatable bonds is 9. The van der Waals surface area contributed by atoms with Gasteiger partial charge in [0, 0.05) is 11.3 Å². The average molecular weight is 640 g/mol. The number of carbonyl (C=O) groups excluding carboxylic acids is 2. The number of ether oxygens (including phenoxy) is 1. The smallest absolute Gasteiger partial charge is 0.301 e. The maximum Gasteiger partial charge on any atom is 0.301 e. The molecule has 1 amide bonds. The highest BCUT2D eigenvalue weighted by Gasteiger charge is 2.48. The summed E-state index contributed by atoms with van der Waals surface area (Å²) in [7, 11) is 0. The van der Waals surface area contributed by atoms with Crippen LogP contribution in [0.4, 0.5) is 9.52 Å². The number of hydrogen-bond acceptors (Lipinski definition) is 9. The minimum absolute atomic E-state index is 0.0772. The fraction of sp³-hybridized carbons (Fsp3) is 0.118. The number of aliphatic hydroxyl groups is 1. The fourth-order valence-corrected chi connectivity index (χ4v) is 6.84. The van der Waals surface area contributed by atoms with Crippen molar-refractivity contribution in [3.63, 3.8) is 0 Å². The van der Waals surface area contributed by atoms with Gasteiger partial charge in [-0.05, 0) is 66.1 Å². The molecule has 2 heterocycles. The molecular formula is C34H26FN3O5S2. The van der Waals surface area contributed by atoms with E-state index in [1.807, 2.05) is 31.2 Å². The highest BCUT2D eigenvalue weighted by molar-refractivity contribution is 8.00. The van der Waals surface area contributed by atoms with Crippen LogP contribution in [0.15, 0.2) is 107 Å². The first kappa shape index (κ1) is 30.0. The molecule has 1 atom stereocenters. The topological polar surface area (TPSA) is 113 Å². The first-order chi connectivity index (χ1) is 21.8. The van der Waals surface area contributed by atoms with E-state index in [1.165, 1.54) is 34.9 Å². The van der Waals surface area contributed by atoms with Crippen LogP contribution in [-0.4, -0.2) is 32.1 Å². The normalized spacial score (nSPS) is 15.9. The summed E-state index contributed by atoms with van der Waals surface area (Å²) in [4.78, 5) is 28.2. The molecule has 1 aliphatic heterocycles. The van der Waals surface area contributed by atoms with Gasteiger partial charge in [0.15, 0.2) is 4.34 Å². The standard InChI is InChI=1S/C34H26FN3O5S2/c1-20-6-4-7-21(16-20)18-43-26-14-12-22(13-15-26)30(40)28-29(23-9-5-10-25(39)17-23)38(32(42)31(28)41)33-36-37-34(45-33)44-19-24-8-2-3-11-27(24)35/h2-17,29,39-40H,18-19H2,1H3. The Bertz CT molecular complexity index is 1930. The van der Waals surface area contributed by atoms with Crippen molar-refractivity contribution < 1.29 is 28.9 Å². The van der Waals surface area contributed by atoms with Gasteiger partial charge in [-0.3, -0.25) is 14.5 Å². The van der Waals surface area contributed by atoms with Gasteiger partial charge in [0.25, 0.3) is 5.78 Å². The maximum absolute atomic E-state index is 14.1. The SMILES string of the molecule is Cc1cccc(COc2ccc(C(O)=C3C(=O)C(=O)N(c4nnc(SCc5ccccc5F)s4)C3c3cccc(O)c3)cc2)c1. The first-order valence-corrected chi connectivity index (χ1v) is 15.7. The van der Waals surface area contributed by atoms with Crippen LogP contribution < -0.4 is 9.64 Å². The van der Waals surface area contributed by atoms with Crippen LogP contribution in [0, 0.1) is 12.7 Å². The van der Waals surface area contributed by atoms with E-state index in [9.17, 15) is 24.2 Å². The third kappa shape index (κ3) is 6.45. The molecule has 0 bridgehead atoms. The lowest BCUT2D eigenvalue weighted by Gasteiger charge is -2.22. The predicted octanol–water partition coefficient (Wildman–Crippen LogP) is 7.19. The molecule has 1 aliphatic rings. The average Bonchev–Trinajstić information content (AvgIpc) is 3.61. The number of aromatic nitrogens is 2. The second-order valence-electron chi connectivity index (χ2n) is 10.3. The lowest BCUT2D eigenvalue weighted by Crippen LogP contribution is -2.29. The Kier molecular flexibility index (Phi) is 8.63. The van der Waals surface area contributed by atoms with Gasteiger partial charge in [0.2, 0.25) is 5.13 Å². The molecule has 6 rings (SSSR count). The number of benzene rings is 4. The molecule has 0 spiro atoms. The Labute approximate surface area is 266 Å². The Morgan fingerprint density at radius 1 is 0.978 bits per heavy atom. The molecule has 11 heteroatoms. The second kappa shape index (κ2) is 12.9. The van der Waals surface area contributed by atoms with Crippen LogP contribution in [0.25, 0.3) is 5.76 Å². The number of aromatic hydroxyl groups is 1. The molecule has 1 aromatic heterocycles. The van der Waals surface area contributed by atoms with E-state index in [1.54, 1.807) is 54.6 Å². The number of amides is 1. The van der Waals surface area contributed by atoms with Crippen molar-refractivity contribution >= 4 is 45.7 Å². The molecule has 8 nitrogen and oxygen atoms in total. The summed E-state index contributed by atoms with van der Waals surface area (Å²) < 4.78 is 20.5. The van der Waals surface area contributed by atoms with Gasteiger partial charge in [-0.15, -0.1) is 10.2 Å². The number of hydrogen-bond donors (Lipinski definition) is 2. The van der Waals surface area contributed by atoms with E-state index < -0.39 is 17.7 Å². The summed E-state index contributed by atoms with van der Waals surface area (Å²) in [5, 5.41) is 30.1. The molecule has 4 aromatic carbocycles. The van der Waals surface area contributed by atoms with E-state index in [0.717, 1.165) is 22.5 Å². The fourth-order valence-electron chi connectivity index (χ4n) is 4.99. The van der Waals surface area contributed by atoms with Gasteiger partial charge >= 0.3 is 5.91 Å². The number of phenols is 1. The van der Waals surface area contributed by atoms with E-state index in [-0.39, 0.29) is 28.0 Å². The monoisotopic (exact) mass is 639 g/mol. The summed E-state index contributed by atoms with van der Waals surface area (Å²) in [6.45, 7) is 2.37. The first-order valence-electron chi connectivity index (χ1n) is 13.9. The molecule has 5 aromatic rings. The Morgan fingerprint density at radius 3 is 2.51 bits per heavy atom. The predicted molar refractivity (Wildman–Crippen MR) is 171 cm³/mol. The Morgan fingerprint density at radius 2 is 1.76 bits per heavy atom. The number of phenolic OH excluding ortho intramolecular Hbond substituents is 1. The number of anilines is 1. The van der Waals surface area contributed by atoms with Gasteiger partial charge in [0.1, 0.15) is 29.7 Å².